The largest absolute Gasteiger partial charge is 0.320 e. The predicted molar refractivity (Wildman–Crippen MR) is 125 cm³/mol. The molecule has 0 radical (unpaired) electrons. The van der Waals surface area contributed by atoms with Crippen molar-refractivity contribution in [3.05, 3.63) is 107 Å². The average Bonchev–Trinajstić information content (AvgIpc) is 3.22. The van der Waals surface area contributed by atoms with Crippen molar-refractivity contribution in [2.24, 2.45) is 0 Å². The van der Waals surface area contributed by atoms with Gasteiger partial charge in [0.25, 0.3) is 5.91 Å². The maximum atomic E-state index is 12.7. The summed E-state index contributed by atoms with van der Waals surface area (Å²) in [5.74, 6) is -0.548. The van der Waals surface area contributed by atoms with Crippen LogP contribution in [0.5, 0.6) is 0 Å². The maximum absolute atomic E-state index is 12.7. The van der Waals surface area contributed by atoms with Crippen LogP contribution in [0.1, 0.15) is 11.1 Å². The van der Waals surface area contributed by atoms with Crippen molar-refractivity contribution >= 4 is 29.3 Å². The summed E-state index contributed by atoms with van der Waals surface area (Å²) in [7, 11) is 0. The monoisotopic (exact) mass is 439 g/mol. The number of aromatic nitrogens is 3. The number of carbonyl (C=O) groups excluding carboxylic acids is 1. The van der Waals surface area contributed by atoms with Crippen molar-refractivity contribution in [1.29, 1.82) is 5.26 Å². The van der Waals surface area contributed by atoms with Gasteiger partial charge < -0.3 is 5.32 Å². The summed E-state index contributed by atoms with van der Waals surface area (Å²) in [6.45, 7) is 0.551. The zero-order valence-electron chi connectivity index (χ0n) is 16.9. The number of nitriles is 1. The number of rotatable bonds is 6. The summed E-state index contributed by atoms with van der Waals surface area (Å²) in [5, 5.41) is 17.4. The van der Waals surface area contributed by atoms with Crippen molar-refractivity contribution in [3.63, 3.8) is 0 Å². The Morgan fingerprint density at radius 2 is 1.88 bits per heavy atom. The molecular weight excluding hydrogens is 422 g/mol. The summed E-state index contributed by atoms with van der Waals surface area (Å²) >= 11 is 6.12. The van der Waals surface area contributed by atoms with Crippen LogP contribution in [0.25, 0.3) is 17.3 Å². The van der Waals surface area contributed by atoms with Gasteiger partial charge in [-0.1, -0.05) is 54.1 Å². The van der Waals surface area contributed by atoms with Crippen LogP contribution in [0.3, 0.4) is 0 Å². The molecule has 2 aromatic carbocycles. The molecule has 7 heteroatoms. The van der Waals surface area contributed by atoms with Crippen molar-refractivity contribution < 1.29 is 4.79 Å². The van der Waals surface area contributed by atoms with Crippen LogP contribution in [0.2, 0.25) is 5.02 Å². The summed E-state index contributed by atoms with van der Waals surface area (Å²) in [5.41, 5.74) is 3.52. The molecule has 4 aromatic rings. The number of pyridine rings is 1. The number of hydrogen-bond donors (Lipinski definition) is 1. The van der Waals surface area contributed by atoms with Gasteiger partial charge in [-0.2, -0.15) is 10.4 Å². The molecular formula is C25H18ClN5O. The number of carbonyl (C=O) groups is 1. The zero-order valence-corrected chi connectivity index (χ0v) is 17.7. The van der Waals surface area contributed by atoms with E-state index in [-0.39, 0.29) is 5.57 Å². The van der Waals surface area contributed by atoms with Gasteiger partial charge in [0, 0.05) is 29.7 Å². The van der Waals surface area contributed by atoms with E-state index in [4.69, 9.17) is 16.7 Å². The van der Waals surface area contributed by atoms with Crippen LogP contribution >= 0.6 is 11.6 Å². The third-order valence-corrected chi connectivity index (χ3v) is 5.03. The Morgan fingerprint density at radius 1 is 1.09 bits per heavy atom. The first-order valence-electron chi connectivity index (χ1n) is 9.83. The normalized spacial score (nSPS) is 11.1. The van der Waals surface area contributed by atoms with Crippen molar-refractivity contribution in [1.82, 2.24) is 14.8 Å². The standard InChI is InChI=1S/C25H18ClN5O/c26-22-10-4-5-11-23(22)29-25(32)20(14-27)13-21-17-31(16-18-7-2-1-3-8-18)30-24(21)19-9-6-12-28-15-19/h1-13,15,17H,16H2,(H,29,32). The Morgan fingerprint density at radius 3 is 2.59 bits per heavy atom. The summed E-state index contributed by atoms with van der Waals surface area (Å²) < 4.78 is 1.78. The molecule has 2 aromatic heterocycles. The number of para-hydroxylation sites is 1. The number of anilines is 1. The number of hydrogen-bond acceptors (Lipinski definition) is 4. The highest BCUT2D eigenvalue weighted by molar-refractivity contribution is 6.34. The summed E-state index contributed by atoms with van der Waals surface area (Å²) in [6, 6.07) is 22.5. The molecule has 0 saturated heterocycles. The minimum Gasteiger partial charge on any atom is -0.320 e. The van der Waals surface area contributed by atoms with Crippen LogP contribution in [-0.2, 0) is 11.3 Å². The fourth-order valence-electron chi connectivity index (χ4n) is 3.18. The molecule has 0 bridgehead atoms. The fraction of sp³-hybridized carbons (Fsp3) is 0.0400. The number of nitrogens with zero attached hydrogens (tertiary/aromatic N) is 4. The van der Waals surface area contributed by atoms with Crippen LogP contribution in [0.15, 0.2) is 90.9 Å². The lowest BCUT2D eigenvalue weighted by atomic mass is 10.1. The molecule has 4 rings (SSSR count). The Kier molecular flexibility index (Phi) is 6.40. The average molecular weight is 440 g/mol. The van der Waals surface area contributed by atoms with Gasteiger partial charge in [0.05, 0.1) is 17.3 Å². The molecule has 0 aliphatic carbocycles. The molecule has 0 aliphatic rings. The molecule has 0 saturated carbocycles. The summed E-state index contributed by atoms with van der Waals surface area (Å²) in [4.78, 5) is 16.9. The lowest BCUT2D eigenvalue weighted by Gasteiger charge is -2.06. The number of halogens is 1. The molecule has 6 nitrogen and oxygen atoms in total. The molecule has 0 unspecified atom stereocenters. The Balaban J connectivity index is 1.70. The van der Waals surface area contributed by atoms with Crippen LogP contribution in [0, 0.1) is 11.3 Å². The second-order valence-corrected chi connectivity index (χ2v) is 7.37. The van der Waals surface area contributed by atoms with E-state index in [0.29, 0.717) is 28.5 Å². The minimum absolute atomic E-state index is 0.0608. The van der Waals surface area contributed by atoms with E-state index in [1.54, 1.807) is 41.3 Å². The van der Waals surface area contributed by atoms with E-state index in [2.05, 4.69) is 10.3 Å². The van der Waals surface area contributed by atoms with Gasteiger partial charge in [-0.3, -0.25) is 14.5 Å². The van der Waals surface area contributed by atoms with Crippen LogP contribution in [-0.4, -0.2) is 20.7 Å². The van der Waals surface area contributed by atoms with E-state index in [1.165, 1.54) is 6.08 Å². The van der Waals surface area contributed by atoms with Gasteiger partial charge in [0.2, 0.25) is 0 Å². The lowest BCUT2D eigenvalue weighted by Crippen LogP contribution is -2.13. The minimum atomic E-state index is -0.548. The third kappa shape index (κ3) is 4.91. The molecule has 1 amide bonds. The molecule has 1 N–H and O–H groups in total. The molecule has 0 aliphatic heterocycles. The van der Waals surface area contributed by atoms with Crippen molar-refractivity contribution in [2.75, 3.05) is 5.32 Å². The Hall–Kier alpha value is -4.21. The Labute approximate surface area is 190 Å². The maximum Gasteiger partial charge on any atom is 0.266 e. The first kappa shape index (κ1) is 21.0. The second-order valence-electron chi connectivity index (χ2n) is 6.96. The number of benzene rings is 2. The SMILES string of the molecule is N#CC(=Cc1cn(Cc2ccccc2)nc1-c1cccnc1)C(=O)Nc1ccccc1Cl. The highest BCUT2D eigenvalue weighted by Gasteiger charge is 2.16. The molecule has 0 fully saturated rings. The van der Waals surface area contributed by atoms with Gasteiger partial charge in [0.15, 0.2) is 0 Å². The van der Waals surface area contributed by atoms with Gasteiger partial charge in [-0.15, -0.1) is 0 Å². The van der Waals surface area contributed by atoms with Gasteiger partial charge in [-0.05, 0) is 35.9 Å². The zero-order chi connectivity index (χ0) is 22.3. The first-order valence-corrected chi connectivity index (χ1v) is 10.2. The molecule has 2 heterocycles. The highest BCUT2D eigenvalue weighted by atomic mass is 35.5. The topological polar surface area (TPSA) is 83.6 Å². The molecule has 32 heavy (non-hydrogen) atoms. The van der Waals surface area contributed by atoms with Gasteiger partial charge >= 0.3 is 0 Å². The lowest BCUT2D eigenvalue weighted by molar-refractivity contribution is -0.112. The molecule has 0 spiro atoms. The van der Waals surface area contributed by atoms with E-state index in [0.717, 1.165) is 11.1 Å². The highest BCUT2D eigenvalue weighted by Crippen LogP contribution is 2.25. The number of nitrogens with one attached hydrogen (secondary N) is 1. The van der Waals surface area contributed by atoms with E-state index in [9.17, 15) is 10.1 Å². The van der Waals surface area contributed by atoms with E-state index in [1.807, 2.05) is 54.7 Å². The van der Waals surface area contributed by atoms with Crippen molar-refractivity contribution in [3.8, 4) is 17.3 Å². The predicted octanol–water partition coefficient (Wildman–Crippen LogP) is 5.19. The van der Waals surface area contributed by atoms with Crippen LogP contribution < -0.4 is 5.32 Å². The molecule has 156 valence electrons. The van der Waals surface area contributed by atoms with Gasteiger partial charge in [0.1, 0.15) is 17.3 Å². The molecule has 0 atom stereocenters. The third-order valence-electron chi connectivity index (χ3n) is 4.70. The van der Waals surface area contributed by atoms with Gasteiger partial charge in [-0.25, -0.2) is 0 Å². The fourth-order valence-corrected chi connectivity index (χ4v) is 3.36. The van der Waals surface area contributed by atoms with Crippen molar-refractivity contribution in [2.45, 2.75) is 6.54 Å². The Bertz CT molecular complexity index is 1310. The smallest absolute Gasteiger partial charge is 0.266 e. The summed E-state index contributed by atoms with van der Waals surface area (Å²) in [6.07, 6.45) is 6.72. The number of amides is 1. The first-order chi connectivity index (χ1) is 15.6. The quantitative estimate of drug-likeness (QED) is 0.331. The van der Waals surface area contributed by atoms with E-state index < -0.39 is 5.91 Å². The second kappa shape index (κ2) is 9.73. The van der Waals surface area contributed by atoms with Crippen LogP contribution in [0.4, 0.5) is 5.69 Å². The van der Waals surface area contributed by atoms with E-state index >= 15 is 0 Å².